The van der Waals surface area contributed by atoms with Crippen LogP contribution >= 0.6 is 11.6 Å². The van der Waals surface area contributed by atoms with Gasteiger partial charge in [-0.25, -0.2) is 12.8 Å². The Bertz CT molecular complexity index is 807. The first-order valence-corrected chi connectivity index (χ1v) is 7.91. The Hall–Kier alpha value is -1.79. The van der Waals surface area contributed by atoms with E-state index in [-0.39, 0.29) is 9.92 Å². The van der Waals surface area contributed by atoms with E-state index in [9.17, 15) is 12.8 Å². The van der Waals surface area contributed by atoms with E-state index in [0.29, 0.717) is 16.9 Å². The van der Waals surface area contributed by atoms with Gasteiger partial charge in [-0.3, -0.25) is 4.72 Å². The van der Waals surface area contributed by atoms with E-state index in [1.807, 2.05) is 0 Å². The first kappa shape index (κ1) is 15.6. The zero-order chi connectivity index (χ0) is 15.8. The second kappa shape index (κ2) is 5.54. The van der Waals surface area contributed by atoms with Gasteiger partial charge in [0.15, 0.2) is 0 Å². The summed E-state index contributed by atoms with van der Waals surface area (Å²) in [4.78, 5) is -0.307. The molecule has 0 unspecified atom stereocenters. The summed E-state index contributed by atoms with van der Waals surface area (Å²) in [6, 6.07) is 6.46. The number of sulfonamides is 1. The van der Waals surface area contributed by atoms with Gasteiger partial charge in [0, 0.05) is 5.69 Å². The lowest BCUT2D eigenvalue weighted by Crippen LogP contribution is -2.15. The molecule has 0 saturated carbocycles. The topological polar surface area (TPSA) is 72.2 Å². The number of nitrogens with two attached hydrogens (primary N) is 1. The zero-order valence-corrected chi connectivity index (χ0v) is 13.0. The fraction of sp³-hybridized carbons (Fsp3) is 0.143. The number of hydrogen-bond acceptors (Lipinski definition) is 3. The molecule has 0 aliphatic rings. The summed E-state index contributed by atoms with van der Waals surface area (Å²) in [5.41, 5.74) is 8.11. The molecular weight excluding hydrogens is 315 g/mol. The highest BCUT2D eigenvalue weighted by Gasteiger charge is 2.20. The minimum Gasteiger partial charge on any atom is -0.399 e. The fourth-order valence-electron chi connectivity index (χ4n) is 1.83. The van der Waals surface area contributed by atoms with Gasteiger partial charge in [0.05, 0.1) is 10.7 Å². The van der Waals surface area contributed by atoms with Crippen molar-refractivity contribution in [3.63, 3.8) is 0 Å². The summed E-state index contributed by atoms with van der Waals surface area (Å²) in [5.74, 6) is -0.676. The van der Waals surface area contributed by atoms with Gasteiger partial charge in [0.25, 0.3) is 10.0 Å². The monoisotopic (exact) mass is 328 g/mol. The summed E-state index contributed by atoms with van der Waals surface area (Å²) in [7, 11) is -3.98. The molecular formula is C14H14ClFN2O2S. The molecule has 0 spiro atoms. The van der Waals surface area contributed by atoms with E-state index >= 15 is 0 Å². The fourth-order valence-corrected chi connectivity index (χ4v) is 3.47. The maximum absolute atomic E-state index is 13.2. The molecule has 0 heterocycles. The van der Waals surface area contributed by atoms with E-state index < -0.39 is 15.8 Å². The molecule has 4 nitrogen and oxygen atoms in total. The first-order valence-electron chi connectivity index (χ1n) is 6.05. The lowest BCUT2D eigenvalue weighted by atomic mass is 10.1. The largest absolute Gasteiger partial charge is 0.399 e. The van der Waals surface area contributed by atoms with Crippen LogP contribution in [0.3, 0.4) is 0 Å². The van der Waals surface area contributed by atoms with Crippen molar-refractivity contribution in [1.82, 2.24) is 0 Å². The average Bonchev–Trinajstić information content (AvgIpc) is 2.38. The van der Waals surface area contributed by atoms with Gasteiger partial charge in [-0.1, -0.05) is 11.6 Å². The SMILES string of the molecule is Cc1cc(NS(=O)(=O)c2cc(F)ccc2Cl)c(C)cc1N. The molecule has 2 aromatic carbocycles. The van der Waals surface area contributed by atoms with Crippen molar-refractivity contribution in [2.45, 2.75) is 18.7 Å². The molecule has 3 N–H and O–H groups in total. The summed E-state index contributed by atoms with van der Waals surface area (Å²) < 4.78 is 40.3. The van der Waals surface area contributed by atoms with Gasteiger partial charge in [0.2, 0.25) is 0 Å². The molecule has 112 valence electrons. The number of nitrogens with one attached hydrogen (secondary N) is 1. The Morgan fingerprint density at radius 3 is 2.48 bits per heavy atom. The van der Waals surface area contributed by atoms with Gasteiger partial charge in [-0.05, 0) is 55.3 Å². The van der Waals surface area contributed by atoms with E-state index in [1.165, 1.54) is 6.07 Å². The molecule has 2 rings (SSSR count). The number of hydrogen-bond donors (Lipinski definition) is 2. The normalized spacial score (nSPS) is 11.4. The van der Waals surface area contributed by atoms with Gasteiger partial charge >= 0.3 is 0 Å². The first-order chi connectivity index (χ1) is 9.70. The summed E-state index contributed by atoms with van der Waals surface area (Å²) in [5, 5.41) is -0.0475. The van der Waals surface area contributed by atoms with Crippen LogP contribution in [0.1, 0.15) is 11.1 Å². The Labute approximate surface area is 127 Å². The summed E-state index contributed by atoms with van der Waals surface area (Å²) in [6.07, 6.45) is 0. The molecule has 7 heteroatoms. The Balaban J connectivity index is 2.47. The maximum atomic E-state index is 13.2. The van der Waals surface area contributed by atoms with Crippen LogP contribution in [0.5, 0.6) is 0 Å². The molecule has 0 bridgehead atoms. The van der Waals surface area contributed by atoms with E-state index in [1.54, 1.807) is 26.0 Å². The smallest absolute Gasteiger partial charge is 0.263 e. The molecule has 0 aromatic heterocycles. The molecule has 0 radical (unpaired) electrons. The number of anilines is 2. The van der Waals surface area contributed by atoms with Crippen molar-refractivity contribution in [3.05, 3.63) is 52.3 Å². The van der Waals surface area contributed by atoms with Gasteiger partial charge in [-0.15, -0.1) is 0 Å². The van der Waals surface area contributed by atoms with Crippen molar-refractivity contribution in [2.24, 2.45) is 0 Å². The highest BCUT2D eigenvalue weighted by Crippen LogP contribution is 2.28. The minimum atomic E-state index is -3.98. The Morgan fingerprint density at radius 1 is 1.14 bits per heavy atom. The lowest BCUT2D eigenvalue weighted by molar-refractivity contribution is 0.595. The molecule has 0 atom stereocenters. The molecule has 0 aliphatic carbocycles. The van der Waals surface area contributed by atoms with Crippen LogP contribution in [0, 0.1) is 19.7 Å². The zero-order valence-electron chi connectivity index (χ0n) is 11.4. The summed E-state index contributed by atoms with van der Waals surface area (Å²) >= 11 is 5.84. The molecule has 2 aromatic rings. The van der Waals surface area contributed by atoms with Crippen molar-refractivity contribution in [3.8, 4) is 0 Å². The summed E-state index contributed by atoms with van der Waals surface area (Å²) in [6.45, 7) is 3.49. The number of aryl methyl sites for hydroxylation is 2. The van der Waals surface area contributed by atoms with Crippen LogP contribution in [0.4, 0.5) is 15.8 Å². The Kier molecular flexibility index (Phi) is 4.11. The number of nitrogen functional groups attached to an aromatic ring is 1. The number of halogens is 2. The third kappa shape index (κ3) is 3.28. The average molecular weight is 329 g/mol. The predicted molar refractivity (Wildman–Crippen MR) is 82.5 cm³/mol. The van der Waals surface area contributed by atoms with Crippen molar-refractivity contribution in [1.29, 1.82) is 0 Å². The maximum Gasteiger partial charge on any atom is 0.263 e. The predicted octanol–water partition coefficient (Wildman–Crippen LogP) is 3.48. The quantitative estimate of drug-likeness (QED) is 0.847. The third-order valence-electron chi connectivity index (χ3n) is 3.04. The van der Waals surface area contributed by atoms with E-state index in [4.69, 9.17) is 17.3 Å². The lowest BCUT2D eigenvalue weighted by Gasteiger charge is -2.13. The van der Waals surface area contributed by atoms with Gasteiger partial charge in [0.1, 0.15) is 10.7 Å². The second-order valence-corrected chi connectivity index (χ2v) is 6.76. The third-order valence-corrected chi connectivity index (χ3v) is 4.89. The van der Waals surface area contributed by atoms with Crippen molar-refractivity contribution in [2.75, 3.05) is 10.5 Å². The minimum absolute atomic E-state index is 0.0475. The molecule has 0 saturated heterocycles. The standard InChI is InChI=1S/C14H14ClFN2O2S/c1-8-6-13(9(2)5-12(8)17)18-21(19,20)14-7-10(16)3-4-11(14)15/h3-7,18H,17H2,1-2H3. The van der Waals surface area contributed by atoms with E-state index in [2.05, 4.69) is 4.72 Å². The number of rotatable bonds is 3. The molecule has 21 heavy (non-hydrogen) atoms. The molecule has 0 fully saturated rings. The van der Waals surface area contributed by atoms with Crippen LogP contribution in [0.15, 0.2) is 35.2 Å². The van der Waals surface area contributed by atoms with Crippen LogP contribution < -0.4 is 10.5 Å². The van der Waals surface area contributed by atoms with Gasteiger partial charge in [-0.2, -0.15) is 0 Å². The Morgan fingerprint density at radius 2 is 1.81 bits per heavy atom. The molecule has 0 aliphatic heterocycles. The van der Waals surface area contributed by atoms with Crippen LogP contribution in [-0.2, 0) is 10.0 Å². The van der Waals surface area contributed by atoms with E-state index in [0.717, 1.165) is 17.7 Å². The number of benzene rings is 2. The van der Waals surface area contributed by atoms with Crippen LogP contribution in [0.25, 0.3) is 0 Å². The molecule has 0 amide bonds. The second-order valence-electron chi connectivity index (χ2n) is 4.70. The van der Waals surface area contributed by atoms with Crippen LogP contribution in [0.2, 0.25) is 5.02 Å². The van der Waals surface area contributed by atoms with Crippen molar-refractivity contribution >= 4 is 33.0 Å². The highest BCUT2D eigenvalue weighted by molar-refractivity contribution is 7.92. The highest BCUT2D eigenvalue weighted by atomic mass is 35.5. The van der Waals surface area contributed by atoms with Gasteiger partial charge < -0.3 is 5.73 Å². The van der Waals surface area contributed by atoms with Crippen molar-refractivity contribution < 1.29 is 12.8 Å². The van der Waals surface area contributed by atoms with Crippen LogP contribution in [-0.4, -0.2) is 8.42 Å².